The van der Waals surface area contributed by atoms with E-state index in [2.05, 4.69) is 19.5 Å². The molecule has 0 saturated heterocycles. The summed E-state index contributed by atoms with van der Waals surface area (Å²) in [7, 11) is -3.86. The fraction of sp³-hybridized carbons (Fsp3) is 0.400. The quantitative estimate of drug-likeness (QED) is 0.385. The number of benzene rings is 1. The number of sulfonamides is 1. The maximum Gasteiger partial charge on any atom is 0.573 e. The lowest BCUT2D eigenvalue weighted by Crippen LogP contribution is -2.35. The van der Waals surface area contributed by atoms with E-state index in [1.807, 2.05) is 13.8 Å². The number of alkyl halides is 3. The number of nitrogens with zero attached hydrogens (tertiary/aromatic N) is 3. The predicted molar refractivity (Wildman–Crippen MR) is 119 cm³/mol. The second kappa shape index (κ2) is 10.4. The van der Waals surface area contributed by atoms with Crippen molar-refractivity contribution >= 4 is 33.0 Å². The third-order valence-corrected chi connectivity index (χ3v) is 8.19. The molecule has 2 aromatic heterocycles. The number of nitrogens with one attached hydrogen (secondary N) is 1. The molecule has 13 heteroatoms. The van der Waals surface area contributed by atoms with Gasteiger partial charge in [0.15, 0.2) is 0 Å². The van der Waals surface area contributed by atoms with Crippen molar-refractivity contribution in [3.8, 4) is 5.75 Å². The molecule has 0 amide bonds. The second-order valence-electron chi connectivity index (χ2n) is 7.20. The molecular formula is C20H22ClF3N4O3S2. The molecule has 0 spiro atoms. The van der Waals surface area contributed by atoms with Crippen LogP contribution in [-0.2, 0) is 16.6 Å². The molecule has 7 nitrogen and oxygen atoms in total. The molecular weight excluding hydrogens is 501 g/mol. The molecule has 33 heavy (non-hydrogen) atoms. The summed E-state index contributed by atoms with van der Waals surface area (Å²) in [5, 5.41) is 4.21. The zero-order valence-corrected chi connectivity index (χ0v) is 20.1. The molecule has 180 valence electrons. The summed E-state index contributed by atoms with van der Waals surface area (Å²) >= 11 is 6.86. The molecule has 1 atom stereocenters. The van der Waals surface area contributed by atoms with Crippen LogP contribution in [0.4, 0.5) is 13.2 Å². The van der Waals surface area contributed by atoms with Crippen molar-refractivity contribution < 1.29 is 26.3 Å². The highest BCUT2D eigenvalue weighted by Gasteiger charge is 2.32. The van der Waals surface area contributed by atoms with Gasteiger partial charge in [-0.25, -0.2) is 18.1 Å². The van der Waals surface area contributed by atoms with E-state index < -0.39 is 22.4 Å². The fourth-order valence-electron chi connectivity index (χ4n) is 3.39. The van der Waals surface area contributed by atoms with Gasteiger partial charge in [-0.05, 0) is 35.7 Å². The van der Waals surface area contributed by atoms with Crippen LogP contribution in [0, 0.1) is 5.92 Å². The molecule has 0 aliphatic heterocycles. The zero-order chi connectivity index (χ0) is 24.2. The van der Waals surface area contributed by atoms with Crippen molar-refractivity contribution in [2.45, 2.75) is 49.8 Å². The molecule has 1 unspecified atom stereocenters. The molecule has 1 N–H and O–H groups in total. The minimum absolute atomic E-state index is 0.0688. The highest BCUT2D eigenvalue weighted by atomic mass is 35.5. The van der Waals surface area contributed by atoms with Gasteiger partial charge in [-0.2, -0.15) is 9.82 Å². The normalized spacial score (nSPS) is 13.4. The third-order valence-electron chi connectivity index (χ3n) is 5.03. The Morgan fingerprint density at radius 3 is 2.36 bits per heavy atom. The summed E-state index contributed by atoms with van der Waals surface area (Å²) in [6.45, 7) is 4.10. The van der Waals surface area contributed by atoms with Gasteiger partial charge >= 0.3 is 6.36 Å². The number of hydrogen-bond donors (Lipinski definition) is 1. The fourth-order valence-corrected chi connectivity index (χ4v) is 6.15. The molecule has 0 fully saturated rings. The number of thiophene rings is 1. The Morgan fingerprint density at radius 2 is 1.82 bits per heavy atom. The Labute approximate surface area is 198 Å². The Kier molecular flexibility index (Phi) is 8.04. The minimum atomic E-state index is -4.77. The minimum Gasteiger partial charge on any atom is -0.406 e. The topological polar surface area (TPSA) is 86.1 Å². The van der Waals surface area contributed by atoms with Crippen LogP contribution in [-0.4, -0.2) is 29.5 Å². The average molecular weight is 523 g/mol. The molecule has 0 radical (unpaired) electrons. The molecule has 0 saturated carbocycles. The predicted octanol–water partition coefficient (Wildman–Crippen LogP) is 5.40. The van der Waals surface area contributed by atoms with E-state index in [0.717, 1.165) is 11.3 Å². The molecule has 1 aromatic carbocycles. The Bertz CT molecular complexity index is 1160. The molecule has 0 aliphatic rings. The number of ether oxygens (including phenoxy) is 1. The number of hydrogen-bond acceptors (Lipinski definition) is 6. The third kappa shape index (κ3) is 6.69. The average Bonchev–Trinajstić information content (AvgIpc) is 3.38. The number of halogens is 4. The lowest BCUT2D eigenvalue weighted by molar-refractivity contribution is -0.274. The van der Waals surface area contributed by atoms with Gasteiger partial charge < -0.3 is 4.74 Å². The SMILES string of the molecule is CCC(CC)C(NS(=O)(=O)c1ccc(Cl)s1)c1ncnn1Cc1ccc(OC(F)(F)F)cc1. The summed E-state index contributed by atoms with van der Waals surface area (Å²) in [6, 6.07) is 7.67. The second-order valence-corrected chi connectivity index (χ2v) is 10.9. The van der Waals surface area contributed by atoms with E-state index in [9.17, 15) is 21.6 Å². The number of aromatic nitrogens is 3. The summed E-state index contributed by atoms with van der Waals surface area (Å²) in [6.07, 6.45) is -2.08. The van der Waals surface area contributed by atoms with E-state index in [1.54, 1.807) is 0 Å². The maximum atomic E-state index is 13.0. The van der Waals surface area contributed by atoms with E-state index >= 15 is 0 Å². The first kappa shape index (κ1) is 25.5. The largest absolute Gasteiger partial charge is 0.573 e. The van der Waals surface area contributed by atoms with Crippen LogP contribution in [0.2, 0.25) is 4.34 Å². The molecule has 0 aliphatic carbocycles. The lowest BCUT2D eigenvalue weighted by Gasteiger charge is -2.25. The van der Waals surface area contributed by atoms with Crippen LogP contribution >= 0.6 is 22.9 Å². The van der Waals surface area contributed by atoms with Crippen LogP contribution in [0.25, 0.3) is 0 Å². The van der Waals surface area contributed by atoms with Crippen LogP contribution in [0.1, 0.15) is 44.1 Å². The molecule has 2 heterocycles. The highest BCUT2D eigenvalue weighted by molar-refractivity contribution is 7.91. The smallest absolute Gasteiger partial charge is 0.406 e. The van der Waals surface area contributed by atoms with Crippen LogP contribution in [0.5, 0.6) is 5.75 Å². The highest BCUT2D eigenvalue weighted by Crippen LogP contribution is 2.31. The Hall–Kier alpha value is -2.15. The van der Waals surface area contributed by atoms with E-state index in [1.165, 1.54) is 47.4 Å². The number of rotatable bonds is 10. The summed E-state index contributed by atoms with van der Waals surface area (Å²) in [4.78, 5) is 4.31. The lowest BCUT2D eigenvalue weighted by atomic mass is 9.94. The monoisotopic (exact) mass is 522 g/mol. The van der Waals surface area contributed by atoms with Gasteiger partial charge in [0.1, 0.15) is 22.1 Å². The first-order valence-corrected chi connectivity index (χ1v) is 12.7. The van der Waals surface area contributed by atoms with Gasteiger partial charge in [0.05, 0.1) is 16.9 Å². The maximum absolute atomic E-state index is 13.0. The van der Waals surface area contributed by atoms with E-state index in [0.29, 0.717) is 28.6 Å². The van der Waals surface area contributed by atoms with E-state index in [-0.39, 0.29) is 22.4 Å². The standard InChI is InChI=1S/C20H22ClF3N4O3S2/c1-3-14(4-2)18(27-33(29,30)17-10-9-16(21)32-17)19-25-12-26-28(19)11-13-5-7-15(8-6-13)31-20(22,23)24/h5-10,12,14,18,27H,3-4,11H2,1-2H3. The first-order valence-electron chi connectivity index (χ1n) is 10.0. The molecule has 0 bridgehead atoms. The van der Waals surface area contributed by atoms with Crippen LogP contribution in [0.15, 0.2) is 46.9 Å². The van der Waals surface area contributed by atoms with Gasteiger partial charge in [-0.3, -0.25) is 0 Å². The van der Waals surface area contributed by atoms with Gasteiger partial charge in [0.25, 0.3) is 10.0 Å². The van der Waals surface area contributed by atoms with Crippen molar-refractivity contribution in [3.05, 3.63) is 58.4 Å². The van der Waals surface area contributed by atoms with Crippen LogP contribution in [0.3, 0.4) is 0 Å². The van der Waals surface area contributed by atoms with Gasteiger partial charge in [-0.1, -0.05) is 50.4 Å². The summed E-state index contributed by atoms with van der Waals surface area (Å²) in [5.41, 5.74) is 0.646. The zero-order valence-electron chi connectivity index (χ0n) is 17.7. The van der Waals surface area contributed by atoms with Crippen molar-refractivity contribution in [2.75, 3.05) is 0 Å². The van der Waals surface area contributed by atoms with Gasteiger partial charge in [0.2, 0.25) is 0 Å². The summed E-state index contributed by atoms with van der Waals surface area (Å²) < 4.78 is 71.7. The van der Waals surface area contributed by atoms with Crippen LogP contribution < -0.4 is 9.46 Å². The molecule has 3 rings (SSSR count). The van der Waals surface area contributed by atoms with Crippen molar-refractivity contribution in [1.82, 2.24) is 19.5 Å². The van der Waals surface area contributed by atoms with E-state index in [4.69, 9.17) is 11.6 Å². The molecule has 3 aromatic rings. The van der Waals surface area contributed by atoms with Gasteiger partial charge in [0, 0.05) is 0 Å². The summed E-state index contributed by atoms with van der Waals surface area (Å²) in [5.74, 6) is 0.00797. The Balaban J connectivity index is 1.87. The first-order chi connectivity index (χ1) is 15.5. The van der Waals surface area contributed by atoms with Crippen molar-refractivity contribution in [1.29, 1.82) is 0 Å². The van der Waals surface area contributed by atoms with Gasteiger partial charge in [-0.15, -0.1) is 24.5 Å². The van der Waals surface area contributed by atoms with Crippen molar-refractivity contribution in [3.63, 3.8) is 0 Å². The Morgan fingerprint density at radius 1 is 1.15 bits per heavy atom. The van der Waals surface area contributed by atoms with Crippen molar-refractivity contribution in [2.24, 2.45) is 5.92 Å².